The highest BCUT2D eigenvalue weighted by atomic mass is 16.5. The summed E-state index contributed by atoms with van der Waals surface area (Å²) in [5.41, 5.74) is 0.103. The molecule has 4 heteroatoms. The van der Waals surface area contributed by atoms with Crippen molar-refractivity contribution in [2.45, 2.75) is 26.3 Å². The van der Waals surface area contributed by atoms with E-state index in [9.17, 15) is 4.79 Å². The first-order chi connectivity index (χ1) is 7.99. The second-order valence-corrected chi connectivity index (χ2v) is 4.20. The number of carbonyl (C=O) groups is 1. The Morgan fingerprint density at radius 2 is 1.88 bits per heavy atom. The predicted octanol–water partition coefficient (Wildman–Crippen LogP) is 2.45. The van der Waals surface area contributed by atoms with Crippen LogP contribution in [0, 0.1) is 0 Å². The van der Waals surface area contributed by atoms with E-state index in [4.69, 9.17) is 9.47 Å². The molecule has 17 heavy (non-hydrogen) atoms. The molecule has 0 aliphatic carbocycles. The first kappa shape index (κ1) is 13.4. The van der Waals surface area contributed by atoms with Crippen molar-refractivity contribution in [1.82, 2.24) is 0 Å². The van der Waals surface area contributed by atoms with Crippen LogP contribution in [0.15, 0.2) is 24.3 Å². The first-order valence-electron chi connectivity index (χ1n) is 5.59. The molecule has 1 rings (SSSR count). The van der Waals surface area contributed by atoms with Crippen molar-refractivity contribution in [2.75, 3.05) is 19.0 Å². The minimum Gasteiger partial charge on any atom is -0.494 e. The molecule has 0 saturated heterocycles. The lowest BCUT2D eigenvalue weighted by Gasteiger charge is -2.24. The molecule has 0 aliphatic rings. The predicted molar refractivity (Wildman–Crippen MR) is 67.3 cm³/mol. The van der Waals surface area contributed by atoms with Gasteiger partial charge in [-0.25, -0.2) is 4.79 Å². The Kier molecular flexibility index (Phi) is 4.37. The van der Waals surface area contributed by atoms with E-state index in [1.54, 1.807) is 13.8 Å². The van der Waals surface area contributed by atoms with E-state index in [-0.39, 0.29) is 5.97 Å². The monoisotopic (exact) mass is 237 g/mol. The van der Waals surface area contributed by atoms with Crippen molar-refractivity contribution in [3.05, 3.63) is 24.3 Å². The summed E-state index contributed by atoms with van der Waals surface area (Å²) in [5.74, 6) is 0.514. The zero-order valence-electron chi connectivity index (χ0n) is 10.7. The maximum Gasteiger partial charge on any atom is 0.330 e. The number of esters is 1. The first-order valence-corrected chi connectivity index (χ1v) is 5.59. The molecule has 0 unspecified atom stereocenters. The van der Waals surface area contributed by atoms with E-state index in [0.717, 1.165) is 11.4 Å². The fraction of sp³-hybridized carbons (Fsp3) is 0.462. The summed E-state index contributed by atoms with van der Waals surface area (Å²) >= 11 is 0. The maximum absolute atomic E-state index is 11.5. The van der Waals surface area contributed by atoms with Crippen LogP contribution in [0.5, 0.6) is 5.75 Å². The number of methoxy groups -OCH3 is 1. The molecule has 4 nitrogen and oxygen atoms in total. The van der Waals surface area contributed by atoms with Crippen molar-refractivity contribution in [2.24, 2.45) is 0 Å². The molecular weight excluding hydrogens is 218 g/mol. The number of anilines is 1. The van der Waals surface area contributed by atoms with Crippen molar-refractivity contribution in [1.29, 1.82) is 0 Å². The molecule has 0 heterocycles. The minimum absolute atomic E-state index is 0.300. The average molecular weight is 237 g/mol. The van der Waals surface area contributed by atoms with E-state index in [0.29, 0.717) is 6.61 Å². The number of ether oxygens (including phenoxy) is 2. The second kappa shape index (κ2) is 5.57. The van der Waals surface area contributed by atoms with E-state index >= 15 is 0 Å². The summed E-state index contributed by atoms with van der Waals surface area (Å²) in [7, 11) is 1.38. The minimum atomic E-state index is -0.748. The number of hydrogen-bond donors (Lipinski definition) is 1. The zero-order chi connectivity index (χ0) is 12.9. The Morgan fingerprint density at radius 3 is 2.35 bits per heavy atom. The highest BCUT2D eigenvalue weighted by Gasteiger charge is 2.28. The third kappa shape index (κ3) is 3.66. The van der Waals surface area contributed by atoms with Crippen LogP contribution >= 0.6 is 0 Å². The van der Waals surface area contributed by atoms with Gasteiger partial charge in [-0.2, -0.15) is 0 Å². The number of rotatable bonds is 5. The standard InChI is InChI=1S/C13H19NO3/c1-5-17-11-8-6-10(7-9-11)14-13(2,3)12(15)16-4/h6-9,14H,5H2,1-4H3. The van der Waals surface area contributed by atoms with Crippen molar-refractivity contribution < 1.29 is 14.3 Å². The molecule has 1 aromatic rings. The third-order valence-corrected chi connectivity index (χ3v) is 2.32. The highest BCUT2D eigenvalue weighted by molar-refractivity contribution is 5.83. The third-order valence-electron chi connectivity index (χ3n) is 2.32. The molecule has 0 aliphatic heterocycles. The fourth-order valence-electron chi connectivity index (χ4n) is 1.47. The van der Waals surface area contributed by atoms with Crippen LogP contribution in [0.1, 0.15) is 20.8 Å². The summed E-state index contributed by atoms with van der Waals surface area (Å²) < 4.78 is 10.1. The van der Waals surface area contributed by atoms with Crippen LogP contribution in [-0.2, 0) is 9.53 Å². The van der Waals surface area contributed by atoms with Gasteiger partial charge in [-0.1, -0.05) is 0 Å². The van der Waals surface area contributed by atoms with E-state index in [1.165, 1.54) is 7.11 Å². The molecule has 0 aromatic heterocycles. The van der Waals surface area contributed by atoms with Gasteiger partial charge in [0.2, 0.25) is 0 Å². The SMILES string of the molecule is CCOc1ccc(NC(C)(C)C(=O)OC)cc1. The van der Waals surface area contributed by atoms with E-state index < -0.39 is 5.54 Å². The van der Waals surface area contributed by atoms with Crippen molar-refractivity contribution in [3.63, 3.8) is 0 Å². The van der Waals surface area contributed by atoms with Gasteiger partial charge >= 0.3 is 5.97 Å². The molecular formula is C13H19NO3. The van der Waals surface area contributed by atoms with Gasteiger partial charge < -0.3 is 14.8 Å². The lowest BCUT2D eigenvalue weighted by molar-refractivity contribution is -0.144. The summed E-state index contributed by atoms with van der Waals surface area (Å²) in [6.45, 7) is 6.12. The number of nitrogens with one attached hydrogen (secondary N) is 1. The quantitative estimate of drug-likeness (QED) is 0.799. The van der Waals surface area contributed by atoms with Crippen LogP contribution in [0.2, 0.25) is 0 Å². The van der Waals surface area contributed by atoms with E-state index in [2.05, 4.69) is 5.32 Å². The molecule has 0 radical (unpaired) electrons. The van der Waals surface area contributed by atoms with Gasteiger partial charge in [0.15, 0.2) is 0 Å². The molecule has 0 spiro atoms. The summed E-state index contributed by atoms with van der Waals surface area (Å²) in [6, 6.07) is 7.46. The van der Waals surface area contributed by atoms with Crippen LogP contribution in [0.4, 0.5) is 5.69 Å². The number of hydrogen-bond acceptors (Lipinski definition) is 4. The van der Waals surface area contributed by atoms with E-state index in [1.807, 2.05) is 31.2 Å². The maximum atomic E-state index is 11.5. The van der Waals surface area contributed by atoms with Crippen LogP contribution in [0.25, 0.3) is 0 Å². The van der Waals surface area contributed by atoms with Crippen LogP contribution in [0.3, 0.4) is 0 Å². The lowest BCUT2D eigenvalue weighted by Crippen LogP contribution is -2.41. The molecule has 0 saturated carbocycles. The van der Waals surface area contributed by atoms with Gasteiger partial charge in [0.1, 0.15) is 11.3 Å². The van der Waals surface area contributed by atoms with Crippen LogP contribution in [-0.4, -0.2) is 25.2 Å². The Morgan fingerprint density at radius 1 is 1.29 bits per heavy atom. The Bertz CT molecular complexity index is 371. The molecule has 0 atom stereocenters. The van der Waals surface area contributed by atoms with Gasteiger partial charge in [-0.3, -0.25) is 0 Å². The van der Waals surface area contributed by atoms with Gasteiger partial charge in [0.25, 0.3) is 0 Å². The summed E-state index contributed by atoms with van der Waals surface area (Å²) in [6.07, 6.45) is 0. The van der Waals surface area contributed by atoms with Crippen molar-refractivity contribution in [3.8, 4) is 5.75 Å². The van der Waals surface area contributed by atoms with Crippen molar-refractivity contribution >= 4 is 11.7 Å². The number of benzene rings is 1. The van der Waals surface area contributed by atoms with Gasteiger partial charge in [-0.15, -0.1) is 0 Å². The number of carbonyl (C=O) groups excluding carboxylic acids is 1. The van der Waals surface area contributed by atoms with Gasteiger partial charge in [0.05, 0.1) is 13.7 Å². The molecule has 94 valence electrons. The Balaban J connectivity index is 2.71. The Labute approximate surface area is 102 Å². The highest BCUT2D eigenvalue weighted by Crippen LogP contribution is 2.20. The summed E-state index contributed by atoms with van der Waals surface area (Å²) in [5, 5.41) is 3.11. The van der Waals surface area contributed by atoms with Crippen LogP contribution < -0.4 is 10.1 Å². The molecule has 1 aromatic carbocycles. The topological polar surface area (TPSA) is 47.6 Å². The molecule has 0 bridgehead atoms. The zero-order valence-corrected chi connectivity index (χ0v) is 10.7. The lowest BCUT2D eigenvalue weighted by atomic mass is 10.1. The van der Waals surface area contributed by atoms with Gasteiger partial charge in [0, 0.05) is 5.69 Å². The van der Waals surface area contributed by atoms with Gasteiger partial charge in [-0.05, 0) is 45.0 Å². The normalized spacial score (nSPS) is 10.8. The summed E-state index contributed by atoms with van der Waals surface area (Å²) in [4.78, 5) is 11.5. The largest absolute Gasteiger partial charge is 0.494 e. The fourth-order valence-corrected chi connectivity index (χ4v) is 1.47. The second-order valence-electron chi connectivity index (χ2n) is 4.20. The smallest absolute Gasteiger partial charge is 0.330 e. The molecule has 0 fully saturated rings. The molecule has 0 amide bonds. The average Bonchev–Trinajstić information content (AvgIpc) is 2.30. The molecule has 1 N–H and O–H groups in total. The Hall–Kier alpha value is -1.71.